The van der Waals surface area contributed by atoms with E-state index in [0.717, 1.165) is 0 Å². The highest BCUT2D eigenvalue weighted by Gasteiger charge is 2.24. The van der Waals surface area contributed by atoms with Crippen molar-refractivity contribution >= 4 is 16.7 Å². The van der Waals surface area contributed by atoms with Gasteiger partial charge in [-0.05, 0) is 6.07 Å². The molecule has 0 fully saturated rings. The lowest BCUT2D eigenvalue weighted by molar-refractivity contribution is -0.385. The summed E-state index contributed by atoms with van der Waals surface area (Å²) in [6.07, 6.45) is 0. The molecule has 0 saturated heterocycles. The van der Waals surface area contributed by atoms with Crippen LogP contribution in [-0.2, 0) is 0 Å². The summed E-state index contributed by atoms with van der Waals surface area (Å²) in [6, 6.07) is 3.87. The Balaban J connectivity index is 2.94. The van der Waals surface area contributed by atoms with Gasteiger partial charge in [-0.3, -0.25) is 10.1 Å². The van der Waals surface area contributed by atoms with Crippen molar-refractivity contribution in [1.29, 1.82) is 0 Å². The maximum atomic E-state index is 11.2. The van der Waals surface area contributed by atoms with Crippen LogP contribution in [0.25, 0.3) is 11.0 Å². The van der Waals surface area contributed by atoms with E-state index < -0.39 is 10.5 Å². The van der Waals surface area contributed by atoms with E-state index in [1.807, 2.05) is 0 Å². The number of fused-ring (bicyclic) bond motifs is 1. The van der Waals surface area contributed by atoms with Crippen LogP contribution in [0, 0.1) is 10.1 Å². The molecule has 1 heterocycles. The van der Waals surface area contributed by atoms with Crippen molar-refractivity contribution in [1.82, 2.24) is 0 Å². The van der Waals surface area contributed by atoms with Gasteiger partial charge in [0, 0.05) is 17.5 Å². The SMILES string of the molecule is COc1c([N+](=O)[O-])cc2ccc(=O)oc2c1OC. The normalized spacial score (nSPS) is 10.3. The first-order valence-corrected chi connectivity index (χ1v) is 4.91. The molecule has 7 heteroatoms. The predicted octanol–water partition coefficient (Wildman–Crippen LogP) is 1.72. The van der Waals surface area contributed by atoms with Gasteiger partial charge in [0.05, 0.1) is 19.1 Å². The van der Waals surface area contributed by atoms with Gasteiger partial charge in [0.15, 0.2) is 5.58 Å². The third kappa shape index (κ3) is 1.75. The van der Waals surface area contributed by atoms with Crippen LogP contribution in [0.1, 0.15) is 0 Å². The minimum absolute atomic E-state index is 0.0272. The molecule has 0 N–H and O–H groups in total. The topological polar surface area (TPSA) is 91.8 Å². The van der Waals surface area contributed by atoms with Gasteiger partial charge in [-0.25, -0.2) is 4.79 Å². The van der Waals surface area contributed by atoms with Crippen molar-refractivity contribution in [3.05, 3.63) is 38.7 Å². The van der Waals surface area contributed by atoms with Crippen LogP contribution in [0.3, 0.4) is 0 Å². The molecule has 18 heavy (non-hydrogen) atoms. The van der Waals surface area contributed by atoms with Crippen molar-refractivity contribution in [3.8, 4) is 11.5 Å². The first-order valence-electron chi connectivity index (χ1n) is 4.91. The monoisotopic (exact) mass is 251 g/mol. The fourth-order valence-corrected chi connectivity index (χ4v) is 1.67. The molecule has 2 aromatic rings. The largest absolute Gasteiger partial charge is 0.490 e. The number of rotatable bonds is 3. The number of ether oxygens (including phenoxy) is 2. The van der Waals surface area contributed by atoms with Gasteiger partial charge >= 0.3 is 11.3 Å². The molecule has 2 rings (SSSR count). The van der Waals surface area contributed by atoms with Crippen LogP contribution in [0.4, 0.5) is 5.69 Å². The standard InChI is InChI=1S/C11H9NO6/c1-16-10-7(12(14)15)5-6-3-4-8(13)18-9(6)11(10)17-2/h3-5H,1-2H3. The van der Waals surface area contributed by atoms with Gasteiger partial charge in [0.25, 0.3) is 0 Å². The molecule has 0 saturated carbocycles. The number of nitro benzene ring substituents is 1. The Morgan fingerprint density at radius 1 is 1.22 bits per heavy atom. The van der Waals surface area contributed by atoms with E-state index in [9.17, 15) is 14.9 Å². The highest BCUT2D eigenvalue weighted by molar-refractivity contribution is 5.89. The molecule has 0 bridgehead atoms. The molecular formula is C11H9NO6. The van der Waals surface area contributed by atoms with Crippen molar-refractivity contribution in [3.63, 3.8) is 0 Å². The summed E-state index contributed by atoms with van der Waals surface area (Å²) in [4.78, 5) is 21.5. The zero-order valence-electron chi connectivity index (χ0n) is 9.63. The number of hydrogen-bond acceptors (Lipinski definition) is 6. The smallest absolute Gasteiger partial charge is 0.336 e. The second-order valence-corrected chi connectivity index (χ2v) is 3.39. The summed E-state index contributed by atoms with van der Waals surface area (Å²) in [5.74, 6) is -0.0521. The van der Waals surface area contributed by atoms with Crippen LogP contribution in [-0.4, -0.2) is 19.1 Å². The van der Waals surface area contributed by atoms with Gasteiger partial charge in [-0.1, -0.05) is 0 Å². The summed E-state index contributed by atoms with van der Waals surface area (Å²) in [5, 5.41) is 11.3. The average molecular weight is 251 g/mol. The molecule has 0 aliphatic rings. The van der Waals surface area contributed by atoms with Crippen LogP contribution in [0.2, 0.25) is 0 Å². The Hall–Kier alpha value is -2.57. The molecule has 0 aliphatic carbocycles. The maximum absolute atomic E-state index is 11.2. The quantitative estimate of drug-likeness (QED) is 0.468. The van der Waals surface area contributed by atoms with Crippen LogP contribution < -0.4 is 15.1 Å². The zero-order valence-corrected chi connectivity index (χ0v) is 9.63. The molecular weight excluding hydrogens is 242 g/mol. The lowest BCUT2D eigenvalue weighted by atomic mass is 10.2. The summed E-state index contributed by atoms with van der Waals surface area (Å²) < 4.78 is 15.0. The summed E-state index contributed by atoms with van der Waals surface area (Å²) in [6.45, 7) is 0. The van der Waals surface area contributed by atoms with E-state index in [2.05, 4.69) is 0 Å². The van der Waals surface area contributed by atoms with Gasteiger partial charge in [0.2, 0.25) is 11.5 Å². The molecule has 0 amide bonds. The van der Waals surface area contributed by atoms with E-state index >= 15 is 0 Å². The highest BCUT2D eigenvalue weighted by atomic mass is 16.6. The van der Waals surface area contributed by atoms with Crippen molar-refractivity contribution in [2.24, 2.45) is 0 Å². The zero-order chi connectivity index (χ0) is 13.3. The summed E-state index contributed by atoms with van der Waals surface area (Å²) in [5.41, 5.74) is -0.708. The Labute approximate surface area is 101 Å². The van der Waals surface area contributed by atoms with Crippen molar-refractivity contribution in [2.75, 3.05) is 14.2 Å². The van der Waals surface area contributed by atoms with Crippen LogP contribution in [0.5, 0.6) is 11.5 Å². The van der Waals surface area contributed by atoms with E-state index in [1.54, 1.807) is 0 Å². The van der Waals surface area contributed by atoms with Crippen LogP contribution >= 0.6 is 0 Å². The van der Waals surface area contributed by atoms with Gasteiger partial charge < -0.3 is 13.9 Å². The van der Waals surface area contributed by atoms with Gasteiger partial charge in [-0.15, -0.1) is 0 Å². The minimum Gasteiger partial charge on any atom is -0.490 e. The lowest BCUT2D eigenvalue weighted by Gasteiger charge is -2.09. The Bertz CT molecular complexity index is 675. The summed E-state index contributed by atoms with van der Waals surface area (Å²) >= 11 is 0. The Morgan fingerprint density at radius 2 is 1.89 bits per heavy atom. The molecule has 0 radical (unpaired) electrons. The number of hydrogen-bond donors (Lipinski definition) is 0. The third-order valence-electron chi connectivity index (χ3n) is 2.41. The molecule has 1 aromatic carbocycles. The van der Waals surface area contributed by atoms with E-state index in [-0.39, 0.29) is 22.8 Å². The lowest BCUT2D eigenvalue weighted by Crippen LogP contribution is -2.01. The molecule has 1 aromatic heterocycles. The Morgan fingerprint density at radius 3 is 2.44 bits per heavy atom. The molecule has 7 nitrogen and oxygen atoms in total. The fourth-order valence-electron chi connectivity index (χ4n) is 1.67. The van der Waals surface area contributed by atoms with E-state index in [1.165, 1.54) is 32.4 Å². The van der Waals surface area contributed by atoms with Crippen molar-refractivity contribution < 1.29 is 18.8 Å². The molecule has 0 aliphatic heterocycles. The first-order chi connectivity index (χ1) is 8.58. The van der Waals surface area contributed by atoms with E-state index in [4.69, 9.17) is 13.9 Å². The van der Waals surface area contributed by atoms with Crippen molar-refractivity contribution in [2.45, 2.75) is 0 Å². The number of benzene rings is 1. The predicted molar refractivity (Wildman–Crippen MR) is 62.2 cm³/mol. The minimum atomic E-state index is -0.591. The average Bonchev–Trinajstić information content (AvgIpc) is 2.36. The van der Waals surface area contributed by atoms with Gasteiger partial charge in [-0.2, -0.15) is 0 Å². The fraction of sp³-hybridized carbons (Fsp3) is 0.182. The number of methoxy groups -OCH3 is 2. The number of nitro groups is 1. The molecule has 0 spiro atoms. The molecule has 0 atom stereocenters. The second kappa shape index (κ2) is 4.36. The maximum Gasteiger partial charge on any atom is 0.336 e. The highest BCUT2D eigenvalue weighted by Crippen LogP contribution is 2.42. The molecule has 94 valence electrons. The number of nitrogens with zero attached hydrogens (tertiary/aromatic N) is 1. The van der Waals surface area contributed by atoms with Crippen LogP contribution in [0.15, 0.2) is 27.4 Å². The Kier molecular flexibility index (Phi) is 2.88. The van der Waals surface area contributed by atoms with Gasteiger partial charge in [0.1, 0.15) is 0 Å². The third-order valence-corrected chi connectivity index (χ3v) is 2.41. The summed E-state index contributed by atoms with van der Waals surface area (Å²) in [7, 11) is 2.59. The van der Waals surface area contributed by atoms with E-state index in [0.29, 0.717) is 5.39 Å². The first kappa shape index (κ1) is 11.9. The molecule has 0 unspecified atom stereocenters. The second-order valence-electron chi connectivity index (χ2n) is 3.39.